The highest BCUT2D eigenvalue weighted by Crippen LogP contribution is 2.41. The Bertz CT molecular complexity index is 539. The van der Waals surface area contributed by atoms with Gasteiger partial charge in [0, 0.05) is 17.8 Å². The van der Waals surface area contributed by atoms with Gasteiger partial charge >= 0.3 is 0 Å². The number of hydrogen-bond acceptors (Lipinski definition) is 4. The lowest BCUT2D eigenvalue weighted by molar-refractivity contribution is 0.377. The predicted octanol–water partition coefficient (Wildman–Crippen LogP) is 2.96. The lowest BCUT2D eigenvalue weighted by Gasteiger charge is -2.15. The van der Waals surface area contributed by atoms with Crippen molar-refractivity contribution in [1.29, 1.82) is 0 Å². The van der Waals surface area contributed by atoms with Gasteiger partial charge in [0.05, 0.1) is 26.9 Å². The Morgan fingerprint density at radius 2 is 1.32 bits per heavy atom. The van der Waals surface area contributed by atoms with Crippen LogP contribution in [0.2, 0.25) is 0 Å². The van der Waals surface area contributed by atoms with Crippen LogP contribution in [0.3, 0.4) is 0 Å². The highest BCUT2D eigenvalue weighted by Gasteiger charge is 2.14. The first-order chi connectivity index (χ1) is 9.19. The number of benzene rings is 2. The molecule has 0 aliphatic carbocycles. The topological polar surface area (TPSA) is 53.7 Å². The minimum Gasteiger partial charge on any atom is -0.496 e. The Morgan fingerprint density at radius 3 is 1.74 bits per heavy atom. The van der Waals surface area contributed by atoms with Gasteiger partial charge < -0.3 is 19.9 Å². The minimum atomic E-state index is 0.688. The first kappa shape index (κ1) is 13.1. The van der Waals surface area contributed by atoms with Crippen LogP contribution < -0.4 is 19.9 Å². The second-order valence-electron chi connectivity index (χ2n) is 4.03. The van der Waals surface area contributed by atoms with Crippen LogP contribution in [0.25, 0.3) is 11.1 Å². The van der Waals surface area contributed by atoms with E-state index in [1.165, 1.54) is 0 Å². The molecule has 0 saturated carbocycles. The van der Waals surface area contributed by atoms with Crippen LogP contribution in [0.5, 0.6) is 17.2 Å². The predicted molar refractivity (Wildman–Crippen MR) is 75.9 cm³/mol. The molecule has 0 unspecified atom stereocenters. The highest BCUT2D eigenvalue weighted by atomic mass is 16.5. The van der Waals surface area contributed by atoms with Crippen molar-refractivity contribution in [3.05, 3.63) is 36.4 Å². The number of methoxy groups -OCH3 is 3. The van der Waals surface area contributed by atoms with Gasteiger partial charge in [0.1, 0.15) is 17.2 Å². The van der Waals surface area contributed by atoms with Crippen LogP contribution in [0, 0.1) is 0 Å². The van der Waals surface area contributed by atoms with Gasteiger partial charge in [0.25, 0.3) is 0 Å². The summed E-state index contributed by atoms with van der Waals surface area (Å²) < 4.78 is 16.1. The molecule has 0 amide bonds. The van der Waals surface area contributed by atoms with Gasteiger partial charge in [0.15, 0.2) is 0 Å². The zero-order chi connectivity index (χ0) is 13.8. The summed E-state index contributed by atoms with van der Waals surface area (Å²) >= 11 is 0. The van der Waals surface area contributed by atoms with Gasteiger partial charge in [-0.3, -0.25) is 0 Å². The van der Waals surface area contributed by atoms with Crippen molar-refractivity contribution in [3.8, 4) is 28.4 Å². The fraction of sp³-hybridized carbons (Fsp3) is 0.200. The number of rotatable bonds is 4. The van der Waals surface area contributed by atoms with Gasteiger partial charge in [-0.1, -0.05) is 12.1 Å². The summed E-state index contributed by atoms with van der Waals surface area (Å²) in [6, 6.07) is 11.2. The second-order valence-corrected chi connectivity index (χ2v) is 4.03. The van der Waals surface area contributed by atoms with Crippen LogP contribution in [-0.4, -0.2) is 21.3 Å². The summed E-state index contributed by atoms with van der Waals surface area (Å²) in [4.78, 5) is 0. The minimum absolute atomic E-state index is 0.688. The standard InChI is InChI=1S/C15H17NO3/c1-17-12-8-13(18-2)15(14(9-12)19-3)10-4-6-11(16)7-5-10/h4-9H,16H2,1-3H3. The molecule has 2 N–H and O–H groups in total. The molecule has 0 saturated heterocycles. The number of hydrogen-bond donors (Lipinski definition) is 1. The van der Waals surface area contributed by atoms with E-state index >= 15 is 0 Å². The molecule has 0 bridgehead atoms. The van der Waals surface area contributed by atoms with Crippen molar-refractivity contribution in [2.75, 3.05) is 27.1 Å². The second kappa shape index (κ2) is 5.52. The molecule has 0 heterocycles. The maximum atomic E-state index is 5.71. The fourth-order valence-corrected chi connectivity index (χ4v) is 1.94. The SMILES string of the molecule is COc1cc(OC)c(-c2ccc(N)cc2)c(OC)c1. The average molecular weight is 259 g/mol. The van der Waals surface area contributed by atoms with E-state index < -0.39 is 0 Å². The van der Waals surface area contributed by atoms with Crippen molar-refractivity contribution in [1.82, 2.24) is 0 Å². The normalized spacial score (nSPS) is 10.1. The van der Waals surface area contributed by atoms with Crippen LogP contribution in [0.1, 0.15) is 0 Å². The number of nitrogen functional groups attached to an aromatic ring is 1. The quantitative estimate of drug-likeness (QED) is 0.858. The zero-order valence-corrected chi connectivity index (χ0v) is 11.3. The summed E-state index contributed by atoms with van der Waals surface area (Å²) in [5.74, 6) is 2.08. The van der Waals surface area contributed by atoms with E-state index in [1.807, 2.05) is 36.4 Å². The molecule has 2 aromatic carbocycles. The van der Waals surface area contributed by atoms with E-state index in [0.29, 0.717) is 17.2 Å². The van der Waals surface area contributed by atoms with Crippen LogP contribution in [0.15, 0.2) is 36.4 Å². The van der Waals surface area contributed by atoms with Crippen molar-refractivity contribution < 1.29 is 14.2 Å². The lowest BCUT2D eigenvalue weighted by Crippen LogP contribution is -1.95. The van der Waals surface area contributed by atoms with Crippen LogP contribution in [-0.2, 0) is 0 Å². The summed E-state index contributed by atoms with van der Waals surface area (Å²) in [5, 5.41) is 0. The molecule has 100 valence electrons. The monoisotopic (exact) mass is 259 g/mol. The largest absolute Gasteiger partial charge is 0.496 e. The third-order valence-electron chi connectivity index (χ3n) is 2.91. The summed E-state index contributed by atoms with van der Waals surface area (Å²) in [7, 11) is 4.85. The van der Waals surface area contributed by atoms with Crippen molar-refractivity contribution in [3.63, 3.8) is 0 Å². The molecule has 2 rings (SSSR count). The number of nitrogens with two attached hydrogens (primary N) is 1. The first-order valence-electron chi connectivity index (χ1n) is 5.85. The average Bonchev–Trinajstić information content (AvgIpc) is 2.46. The van der Waals surface area contributed by atoms with Crippen LogP contribution >= 0.6 is 0 Å². The van der Waals surface area contributed by atoms with Gasteiger partial charge in [0.2, 0.25) is 0 Å². The summed E-state index contributed by atoms with van der Waals surface area (Å²) in [6.45, 7) is 0. The van der Waals surface area contributed by atoms with Gasteiger partial charge in [-0.2, -0.15) is 0 Å². The first-order valence-corrected chi connectivity index (χ1v) is 5.85. The maximum Gasteiger partial charge on any atom is 0.134 e. The Kier molecular flexibility index (Phi) is 3.80. The Hall–Kier alpha value is -2.36. The molecule has 0 fully saturated rings. The third-order valence-corrected chi connectivity index (χ3v) is 2.91. The summed E-state index contributed by atoms with van der Waals surface area (Å²) in [6.07, 6.45) is 0. The molecule has 4 heteroatoms. The molecule has 0 radical (unpaired) electrons. The van der Waals surface area contributed by atoms with Crippen LogP contribution in [0.4, 0.5) is 5.69 Å². The molecule has 0 spiro atoms. The molecule has 0 aliphatic rings. The van der Waals surface area contributed by atoms with E-state index in [0.717, 1.165) is 16.8 Å². The third kappa shape index (κ3) is 2.57. The van der Waals surface area contributed by atoms with E-state index in [9.17, 15) is 0 Å². The van der Waals surface area contributed by atoms with E-state index in [2.05, 4.69) is 0 Å². The van der Waals surface area contributed by atoms with E-state index in [1.54, 1.807) is 21.3 Å². The molecule has 19 heavy (non-hydrogen) atoms. The fourth-order valence-electron chi connectivity index (χ4n) is 1.94. The van der Waals surface area contributed by atoms with Crippen molar-refractivity contribution in [2.24, 2.45) is 0 Å². The lowest BCUT2D eigenvalue weighted by atomic mass is 10.0. The van der Waals surface area contributed by atoms with Crippen molar-refractivity contribution in [2.45, 2.75) is 0 Å². The molecule has 0 atom stereocenters. The summed E-state index contributed by atoms with van der Waals surface area (Å²) in [5.41, 5.74) is 8.28. The van der Waals surface area contributed by atoms with Gasteiger partial charge in [-0.05, 0) is 17.7 Å². The zero-order valence-electron chi connectivity index (χ0n) is 11.3. The van der Waals surface area contributed by atoms with Gasteiger partial charge in [-0.25, -0.2) is 0 Å². The smallest absolute Gasteiger partial charge is 0.134 e. The molecular weight excluding hydrogens is 242 g/mol. The molecular formula is C15H17NO3. The maximum absolute atomic E-state index is 5.71. The van der Waals surface area contributed by atoms with E-state index in [-0.39, 0.29) is 0 Å². The van der Waals surface area contributed by atoms with Gasteiger partial charge in [-0.15, -0.1) is 0 Å². The molecule has 0 aliphatic heterocycles. The Labute approximate surface area is 112 Å². The Morgan fingerprint density at radius 1 is 0.789 bits per heavy atom. The van der Waals surface area contributed by atoms with Crippen molar-refractivity contribution >= 4 is 5.69 Å². The number of anilines is 1. The van der Waals surface area contributed by atoms with E-state index in [4.69, 9.17) is 19.9 Å². The molecule has 0 aromatic heterocycles. The highest BCUT2D eigenvalue weighted by molar-refractivity contribution is 5.79. The Balaban J connectivity index is 2.63. The molecule has 2 aromatic rings. The number of ether oxygens (including phenoxy) is 3. The molecule has 4 nitrogen and oxygen atoms in total.